The summed E-state index contributed by atoms with van der Waals surface area (Å²) < 4.78 is 0. The van der Waals surface area contributed by atoms with E-state index in [-0.39, 0.29) is 17.5 Å². The first-order valence-corrected chi connectivity index (χ1v) is 8.96. The Hall–Kier alpha value is -1.79. The van der Waals surface area contributed by atoms with E-state index in [1.165, 1.54) is 4.90 Å². The van der Waals surface area contributed by atoms with Gasteiger partial charge in [0.15, 0.2) is 0 Å². The van der Waals surface area contributed by atoms with Crippen LogP contribution in [-0.4, -0.2) is 46.8 Å². The van der Waals surface area contributed by atoms with Gasteiger partial charge in [0.25, 0.3) is 5.91 Å². The molecule has 2 aliphatic rings. The number of halogens is 2. The fraction of sp³-hybridized carbons (Fsp3) is 0.471. The molecule has 1 aromatic rings. The van der Waals surface area contributed by atoms with Crippen LogP contribution >= 0.6 is 23.2 Å². The number of hydrogen-bond donors (Lipinski definition) is 1. The molecule has 1 spiro atoms. The topological polar surface area (TPSA) is 69.7 Å². The van der Waals surface area contributed by atoms with Gasteiger partial charge in [-0.1, -0.05) is 48.5 Å². The van der Waals surface area contributed by atoms with E-state index < -0.39 is 17.5 Å². The molecule has 8 heteroatoms. The Bertz CT molecular complexity index is 732. The SMILES string of the molecule is CN1C(=O)N(CC(=O)Nc2cccc(Cl)c2Cl)C(=O)C12CCCCC2. The van der Waals surface area contributed by atoms with E-state index in [4.69, 9.17) is 23.2 Å². The van der Waals surface area contributed by atoms with E-state index in [0.29, 0.717) is 23.6 Å². The van der Waals surface area contributed by atoms with Crippen molar-refractivity contribution in [2.45, 2.75) is 37.6 Å². The molecule has 1 aromatic carbocycles. The van der Waals surface area contributed by atoms with E-state index in [0.717, 1.165) is 24.2 Å². The zero-order chi connectivity index (χ0) is 18.2. The quantitative estimate of drug-likeness (QED) is 0.811. The summed E-state index contributed by atoms with van der Waals surface area (Å²) in [6, 6.07) is 4.43. The lowest BCUT2D eigenvalue weighted by Crippen LogP contribution is -2.49. The van der Waals surface area contributed by atoms with Crippen LogP contribution in [-0.2, 0) is 9.59 Å². The summed E-state index contributed by atoms with van der Waals surface area (Å²) in [7, 11) is 1.64. The third-order valence-corrected chi connectivity index (χ3v) is 5.83. The Balaban J connectivity index is 1.74. The maximum Gasteiger partial charge on any atom is 0.327 e. The van der Waals surface area contributed by atoms with Crippen molar-refractivity contribution in [3.05, 3.63) is 28.2 Å². The van der Waals surface area contributed by atoms with Crippen molar-refractivity contribution in [3.63, 3.8) is 0 Å². The van der Waals surface area contributed by atoms with Crippen LogP contribution in [0.3, 0.4) is 0 Å². The lowest BCUT2D eigenvalue weighted by atomic mass is 9.81. The van der Waals surface area contributed by atoms with Crippen molar-refractivity contribution in [2.75, 3.05) is 18.9 Å². The van der Waals surface area contributed by atoms with Gasteiger partial charge in [-0.05, 0) is 25.0 Å². The largest absolute Gasteiger partial charge is 0.327 e. The number of amides is 4. The molecule has 0 aromatic heterocycles. The highest BCUT2D eigenvalue weighted by molar-refractivity contribution is 6.44. The monoisotopic (exact) mass is 383 g/mol. The van der Waals surface area contributed by atoms with Crippen LogP contribution in [0.4, 0.5) is 10.5 Å². The third kappa shape index (κ3) is 3.09. The smallest absolute Gasteiger partial charge is 0.323 e. The van der Waals surface area contributed by atoms with Gasteiger partial charge >= 0.3 is 6.03 Å². The molecule has 4 amide bonds. The number of rotatable bonds is 3. The first kappa shape index (κ1) is 18.0. The molecule has 1 aliphatic carbocycles. The summed E-state index contributed by atoms with van der Waals surface area (Å²) in [6.45, 7) is -0.341. The summed E-state index contributed by atoms with van der Waals surface area (Å²) >= 11 is 12.0. The molecule has 2 fully saturated rings. The fourth-order valence-electron chi connectivity index (χ4n) is 3.60. The molecule has 3 rings (SSSR count). The second-order valence-electron chi connectivity index (χ2n) is 6.47. The first-order valence-electron chi connectivity index (χ1n) is 8.20. The predicted molar refractivity (Wildman–Crippen MR) is 95.8 cm³/mol. The highest BCUT2D eigenvalue weighted by Crippen LogP contribution is 2.39. The second kappa shape index (κ2) is 6.84. The maximum atomic E-state index is 12.8. The fourth-order valence-corrected chi connectivity index (χ4v) is 3.95. The molecule has 1 aliphatic heterocycles. The number of carbonyl (C=O) groups excluding carboxylic acids is 3. The van der Waals surface area contributed by atoms with Gasteiger partial charge in [0.05, 0.1) is 15.7 Å². The summed E-state index contributed by atoms with van der Waals surface area (Å²) in [5.41, 5.74) is -0.442. The van der Waals surface area contributed by atoms with Crippen molar-refractivity contribution in [3.8, 4) is 0 Å². The van der Waals surface area contributed by atoms with Gasteiger partial charge < -0.3 is 10.2 Å². The highest BCUT2D eigenvalue weighted by atomic mass is 35.5. The molecule has 1 saturated heterocycles. The minimum absolute atomic E-state index is 0.220. The van der Waals surface area contributed by atoms with Crippen molar-refractivity contribution in [2.24, 2.45) is 0 Å². The number of imide groups is 1. The Kier molecular flexibility index (Phi) is 4.93. The minimum atomic E-state index is -0.788. The molecule has 134 valence electrons. The van der Waals surface area contributed by atoms with Crippen molar-refractivity contribution >= 4 is 46.7 Å². The number of hydrogen-bond acceptors (Lipinski definition) is 3. The molecule has 0 atom stereocenters. The molecule has 1 N–H and O–H groups in total. The van der Waals surface area contributed by atoms with Gasteiger partial charge in [-0.3, -0.25) is 14.5 Å². The predicted octanol–water partition coefficient (Wildman–Crippen LogP) is 3.53. The van der Waals surface area contributed by atoms with Crippen LogP contribution in [0.15, 0.2) is 18.2 Å². The van der Waals surface area contributed by atoms with Crippen LogP contribution < -0.4 is 5.32 Å². The third-order valence-electron chi connectivity index (χ3n) is 5.01. The number of nitrogens with one attached hydrogen (secondary N) is 1. The molecular weight excluding hydrogens is 365 g/mol. The molecule has 0 radical (unpaired) electrons. The highest BCUT2D eigenvalue weighted by Gasteiger charge is 2.55. The average Bonchev–Trinajstić information content (AvgIpc) is 2.76. The number of urea groups is 1. The van der Waals surface area contributed by atoms with Crippen LogP contribution in [0.5, 0.6) is 0 Å². The van der Waals surface area contributed by atoms with E-state index >= 15 is 0 Å². The maximum absolute atomic E-state index is 12.8. The van der Waals surface area contributed by atoms with Gasteiger partial charge in [-0.15, -0.1) is 0 Å². The van der Waals surface area contributed by atoms with Crippen molar-refractivity contribution < 1.29 is 14.4 Å². The van der Waals surface area contributed by atoms with Crippen molar-refractivity contribution in [1.29, 1.82) is 0 Å². The van der Waals surface area contributed by atoms with Gasteiger partial charge in [-0.2, -0.15) is 0 Å². The summed E-state index contributed by atoms with van der Waals surface area (Å²) in [5, 5.41) is 3.14. The van der Waals surface area contributed by atoms with Gasteiger partial charge in [0.2, 0.25) is 5.91 Å². The second-order valence-corrected chi connectivity index (χ2v) is 7.26. The molecule has 1 saturated carbocycles. The number of anilines is 1. The standard InChI is InChI=1S/C17H19Cl2N3O3/c1-21-16(25)22(15(24)17(21)8-3-2-4-9-17)10-13(23)20-12-7-5-6-11(18)14(12)19/h5-7H,2-4,8-10H2,1H3,(H,20,23). The Morgan fingerprint density at radius 1 is 1.20 bits per heavy atom. The van der Waals surface area contributed by atoms with Gasteiger partial charge in [0.1, 0.15) is 12.1 Å². The first-order chi connectivity index (χ1) is 11.9. The molecule has 6 nitrogen and oxygen atoms in total. The van der Waals surface area contributed by atoms with Gasteiger partial charge in [0, 0.05) is 7.05 Å². The molecular formula is C17H19Cl2N3O3. The van der Waals surface area contributed by atoms with E-state index in [1.807, 2.05) is 0 Å². The Morgan fingerprint density at radius 2 is 1.88 bits per heavy atom. The lowest BCUT2D eigenvalue weighted by Gasteiger charge is -2.35. The number of likely N-dealkylation sites (N-methyl/N-ethyl adjacent to an activating group) is 1. The molecule has 0 bridgehead atoms. The molecule has 0 unspecified atom stereocenters. The van der Waals surface area contributed by atoms with Crippen LogP contribution in [0, 0.1) is 0 Å². The lowest BCUT2D eigenvalue weighted by molar-refractivity contribution is -0.136. The number of nitrogens with zero attached hydrogens (tertiary/aromatic N) is 2. The minimum Gasteiger partial charge on any atom is -0.323 e. The van der Waals surface area contributed by atoms with Crippen LogP contribution in [0.25, 0.3) is 0 Å². The number of carbonyl (C=O) groups is 3. The molecule has 25 heavy (non-hydrogen) atoms. The van der Waals surface area contributed by atoms with E-state index in [9.17, 15) is 14.4 Å². The average molecular weight is 384 g/mol. The summed E-state index contributed by atoms with van der Waals surface area (Å²) in [6.07, 6.45) is 4.16. The van der Waals surface area contributed by atoms with E-state index in [1.54, 1.807) is 25.2 Å². The Labute approximate surface area is 156 Å². The van der Waals surface area contributed by atoms with Crippen LogP contribution in [0.1, 0.15) is 32.1 Å². The van der Waals surface area contributed by atoms with E-state index in [2.05, 4.69) is 5.32 Å². The van der Waals surface area contributed by atoms with Crippen LogP contribution in [0.2, 0.25) is 10.0 Å². The summed E-state index contributed by atoms with van der Waals surface area (Å²) in [5.74, 6) is -0.779. The zero-order valence-corrected chi connectivity index (χ0v) is 15.4. The number of benzene rings is 1. The van der Waals surface area contributed by atoms with Crippen molar-refractivity contribution in [1.82, 2.24) is 9.80 Å². The normalized spacial score (nSPS) is 19.6. The zero-order valence-electron chi connectivity index (χ0n) is 13.8. The Morgan fingerprint density at radius 3 is 2.56 bits per heavy atom. The molecule has 1 heterocycles. The summed E-state index contributed by atoms with van der Waals surface area (Å²) in [4.78, 5) is 40.2. The van der Waals surface area contributed by atoms with Gasteiger partial charge in [-0.25, -0.2) is 4.79 Å².